The van der Waals surface area contributed by atoms with Crippen molar-refractivity contribution in [2.45, 2.75) is 25.8 Å². The first-order valence-corrected chi connectivity index (χ1v) is 9.39. The summed E-state index contributed by atoms with van der Waals surface area (Å²) in [4.78, 5) is 1.35. The number of halogens is 1. The van der Waals surface area contributed by atoms with Gasteiger partial charge in [-0.05, 0) is 43.2 Å². The predicted molar refractivity (Wildman–Crippen MR) is 102 cm³/mol. The number of benzene rings is 1. The molecule has 2 aliphatic rings. The van der Waals surface area contributed by atoms with Crippen LogP contribution in [0.25, 0.3) is 0 Å². The number of hydrogen-bond donors (Lipinski definition) is 2. The van der Waals surface area contributed by atoms with Crippen molar-refractivity contribution in [1.29, 1.82) is 21.2 Å². The Labute approximate surface area is 164 Å². The van der Waals surface area contributed by atoms with Gasteiger partial charge in [-0.1, -0.05) is 23.7 Å². The highest BCUT2D eigenvalue weighted by Gasteiger charge is 2.57. The maximum absolute atomic E-state index is 9.87. The van der Waals surface area contributed by atoms with Gasteiger partial charge in [0.2, 0.25) is 5.41 Å². The highest BCUT2D eigenvalue weighted by molar-refractivity contribution is 6.30. The van der Waals surface area contributed by atoms with Gasteiger partial charge in [0, 0.05) is 16.9 Å². The summed E-state index contributed by atoms with van der Waals surface area (Å²) in [5, 5.41) is 38.8. The molecule has 6 heteroatoms. The van der Waals surface area contributed by atoms with Gasteiger partial charge in [-0.15, -0.1) is 0 Å². The van der Waals surface area contributed by atoms with Crippen LogP contribution in [0.2, 0.25) is 5.02 Å². The molecule has 4 atom stereocenters. The second-order valence-electron chi connectivity index (χ2n) is 7.56. The molecule has 1 heterocycles. The van der Waals surface area contributed by atoms with Gasteiger partial charge in [0.25, 0.3) is 0 Å². The molecule has 3 rings (SSSR count). The molecule has 0 saturated heterocycles. The van der Waals surface area contributed by atoms with E-state index in [1.165, 1.54) is 4.90 Å². The highest BCUT2D eigenvalue weighted by atomic mass is 35.5. The number of hydrogen-bond acceptors (Lipinski definition) is 4. The molecule has 1 aromatic carbocycles. The van der Waals surface area contributed by atoms with Gasteiger partial charge in [-0.2, -0.15) is 15.8 Å². The van der Waals surface area contributed by atoms with Crippen LogP contribution in [0.4, 0.5) is 0 Å². The average molecular weight is 379 g/mol. The summed E-state index contributed by atoms with van der Waals surface area (Å²) in [7, 11) is 0. The lowest BCUT2D eigenvalue weighted by Gasteiger charge is -2.46. The van der Waals surface area contributed by atoms with E-state index in [-0.39, 0.29) is 17.5 Å². The summed E-state index contributed by atoms with van der Waals surface area (Å²) in [6, 6.07) is 14.1. The van der Waals surface area contributed by atoms with E-state index < -0.39 is 11.3 Å². The fraction of sp³-hybridized carbons (Fsp3) is 0.429. The normalized spacial score (nSPS) is 29.1. The number of quaternary nitrogens is 1. The van der Waals surface area contributed by atoms with E-state index in [1.54, 1.807) is 12.1 Å². The molecule has 1 unspecified atom stereocenters. The van der Waals surface area contributed by atoms with E-state index >= 15 is 0 Å². The second-order valence-corrected chi connectivity index (χ2v) is 7.99. The number of nitriles is 3. The first-order chi connectivity index (χ1) is 12.9. The highest BCUT2D eigenvalue weighted by Crippen LogP contribution is 2.51. The molecule has 136 valence electrons. The maximum atomic E-state index is 9.87. The van der Waals surface area contributed by atoms with Gasteiger partial charge in [-0.25, -0.2) is 0 Å². The zero-order valence-electron chi connectivity index (χ0n) is 15.3. The Morgan fingerprint density at radius 1 is 1.19 bits per heavy atom. The summed E-state index contributed by atoms with van der Waals surface area (Å²) in [5.41, 5.74) is -0.142. The van der Waals surface area contributed by atoms with Gasteiger partial charge in [0.15, 0.2) is 0 Å². The minimum atomic E-state index is -1.64. The van der Waals surface area contributed by atoms with E-state index in [2.05, 4.69) is 32.1 Å². The molecule has 0 aromatic heterocycles. The molecule has 0 bridgehead atoms. The van der Waals surface area contributed by atoms with Crippen LogP contribution in [-0.4, -0.2) is 24.8 Å². The number of nitrogens with one attached hydrogen (secondary N) is 2. The largest absolute Gasteiger partial charge is 0.329 e. The summed E-state index contributed by atoms with van der Waals surface area (Å²) in [6.07, 6.45) is 1.96. The SMILES string of the molecule is CC(C)[NH+]1CC=C2[C@@H](C1)[C@H](c1ccc(Cl)cc1)[C@H](C#N)C(=N)C2(C#N)C#N. The molecular weight excluding hydrogens is 358 g/mol. The Morgan fingerprint density at radius 2 is 1.81 bits per heavy atom. The topological polar surface area (TPSA) is 99.7 Å². The fourth-order valence-corrected chi connectivity index (χ4v) is 4.55. The van der Waals surface area contributed by atoms with Crippen LogP contribution in [0, 0.1) is 56.7 Å². The fourth-order valence-electron chi connectivity index (χ4n) is 4.42. The zero-order valence-corrected chi connectivity index (χ0v) is 16.1. The summed E-state index contributed by atoms with van der Waals surface area (Å²) >= 11 is 6.03. The Bertz CT molecular complexity index is 896. The van der Waals surface area contributed by atoms with E-state index in [0.717, 1.165) is 12.1 Å². The van der Waals surface area contributed by atoms with Crippen LogP contribution >= 0.6 is 11.6 Å². The summed E-state index contributed by atoms with van der Waals surface area (Å²) < 4.78 is 0. The van der Waals surface area contributed by atoms with Crippen molar-refractivity contribution in [3.8, 4) is 18.2 Å². The molecule has 1 fully saturated rings. The monoisotopic (exact) mass is 378 g/mol. The van der Waals surface area contributed by atoms with Crippen molar-refractivity contribution in [2.75, 3.05) is 13.1 Å². The molecule has 0 amide bonds. The van der Waals surface area contributed by atoms with Gasteiger partial charge in [0.1, 0.15) is 0 Å². The van der Waals surface area contributed by atoms with E-state index in [0.29, 0.717) is 23.2 Å². The van der Waals surface area contributed by atoms with E-state index in [1.807, 2.05) is 18.2 Å². The third-order valence-electron chi connectivity index (χ3n) is 5.95. The number of fused-ring (bicyclic) bond motifs is 1. The smallest absolute Gasteiger partial charge is 0.203 e. The molecular formula is C21H21ClN5+. The van der Waals surface area contributed by atoms with Gasteiger partial charge >= 0.3 is 0 Å². The van der Waals surface area contributed by atoms with Crippen LogP contribution in [0.3, 0.4) is 0 Å². The van der Waals surface area contributed by atoms with Crippen molar-refractivity contribution in [2.24, 2.45) is 17.3 Å². The molecule has 0 spiro atoms. The lowest BCUT2D eigenvalue weighted by atomic mass is 9.55. The third kappa shape index (κ3) is 2.92. The molecule has 1 aromatic rings. The Balaban J connectivity index is 2.21. The minimum Gasteiger partial charge on any atom is -0.329 e. The molecule has 5 nitrogen and oxygen atoms in total. The quantitative estimate of drug-likeness (QED) is 0.773. The molecule has 1 aliphatic heterocycles. The van der Waals surface area contributed by atoms with Crippen LogP contribution in [0.1, 0.15) is 25.3 Å². The van der Waals surface area contributed by atoms with Crippen molar-refractivity contribution >= 4 is 17.3 Å². The van der Waals surface area contributed by atoms with Crippen molar-refractivity contribution in [1.82, 2.24) is 0 Å². The lowest BCUT2D eigenvalue weighted by molar-refractivity contribution is -0.920. The standard InChI is InChI=1S/C21H20ClN5/c1-13(2)27-8-7-18-17(10-27)19(14-3-5-15(22)6-4-14)16(9-23)20(26)21(18,11-24)12-25/h3-7,13,16-17,19,26H,8,10H2,1-2H3/p+1/t16-,17+,19+/m0/s1. The molecule has 1 saturated carbocycles. The van der Waals surface area contributed by atoms with Gasteiger partial charge < -0.3 is 10.3 Å². The Morgan fingerprint density at radius 3 is 2.33 bits per heavy atom. The number of nitrogens with zero attached hydrogens (tertiary/aromatic N) is 3. The van der Waals surface area contributed by atoms with Gasteiger partial charge in [-0.3, -0.25) is 0 Å². The Hall–Kier alpha value is -2.65. The Kier molecular flexibility index (Phi) is 5.07. The third-order valence-corrected chi connectivity index (χ3v) is 6.20. The van der Waals surface area contributed by atoms with Crippen molar-refractivity contribution in [3.05, 3.63) is 46.5 Å². The van der Waals surface area contributed by atoms with Gasteiger partial charge in [0.05, 0.1) is 49.0 Å². The molecule has 0 radical (unpaired) electrons. The van der Waals surface area contributed by atoms with E-state index in [4.69, 9.17) is 17.0 Å². The molecule has 2 N–H and O–H groups in total. The van der Waals surface area contributed by atoms with Crippen LogP contribution < -0.4 is 4.90 Å². The van der Waals surface area contributed by atoms with Crippen LogP contribution in [0.5, 0.6) is 0 Å². The molecule has 27 heavy (non-hydrogen) atoms. The number of rotatable bonds is 2. The molecule has 1 aliphatic carbocycles. The lowest BCUT2D eigenvalue weighted by Crippen LogP contribution is -3.16. The first kappa shape index (κ1) is 19.1. The minimum absolute atomic E-state index is 0.106. The van der Waals surface area contributed by atoms with Crippen LogP contribution in [-0.2, 0) is 0 Å². The van der Waals surface area contributed by atoms with Crippen molar-refractivity contribution < 1.29 is 4.90 Å². The average Bonchev–Trinajstić information content (AvgIpc) is 2.68. The second kappa shape index (κ2) is 7.16. The predicted octanol–water partition coefficient (Wildman–Crippen LogP) is 2.48. The van der Waals surface area contributed by atoms with Crippen molar-refractivity contribution in [3.63, 3.8) is 0 Å². The zero-order chi connectivity index (χ0) is 19.8. The van der Waals surface area contributed by atoms with Crippen LogP contribution in [0.15, 0.2) is 35.9 Å². The summed E-state index contributed by atoms with van der Waals surface area (Å²) in [6.45, 7) is 5.72. The summed E-state index contributed by atoms with van der Waals surface area (Å²) in [5.74, 6) is -1.23. The first-order valence-electron chi connectivity index (χ1n) is 9.01. The maximum Gasteiger partial charge on any atom is 0.203 e. The van der Waals surface area contributed by atoms with E-state index in [9.17, 15) is 15.8 Å².